The van der Waals surface area contributed by atoms with Crippen LogP contribution in [0.2, 0.25) is 0 Å². The molecule has 0 unspecified atom stereocenters. The number of aromatic nitrogens is 1. The van der Waals surface area contributed by atoms with Crippen molar-refractivity contribution in [1.82, 2.24) is 15.2 Å². The van der Waals surface area contributed by atoms with Crippen LogP contribution in [-0.4, -0.2) is 46.7 Å². The number of ether oxygens (including phenoxy) is 2. The summed E-state index contributed by atoms with van der Waals surface area (Å²) in [4.78, 5) is 31.0. The van der Waals surface area contributed by atoms with Gasteiger partial charge in [0.2, 0.25) is 11.8 Å². The van der Waals surface area contributed by atoms with Crippen LogP contribution in [0.3, 0.4) is 0 Å². The Hall–Kier alpha value is -2.31. The van der Waals surface area contributed by atoms with Gasteiger partial charge in [-0.1, -0.05) is 6.07 Å². The molecular formula is C22H33N3O4. The second kappa shape index (κ2) is 9.46. The minimum atomic E-state index is -0.539. The maximum atomic E-state index is 12.7. The largest absolute Gasteiger partial charge is 0.474 e. The highest BCUT2D eigenvalue weighted by molar-refractivity contribution is 5.80. The summed E-state index contributed by atoms with van der Waals surface area (Å²) in [5.41, 5.74) is 0.343. The van der Waals surface area contributed by atoms with Crippen LogP contribution in [0.1, 0.15) is 64.9 Å². The number of carbonyl (C=O) groups excluding carboxylic acids is 2. The number of carbonyl (C=O) groups is 2. The first-order valence-corrected chi connectivity index (χ1v) is 10.7. The van der Waals surface area contributed by atoms with E-state index in [4.69, 9.17) is 9.47 Å². The quantitative estimate of drug-likeness (QED) is 0.811. The van der Waals surface area contributed by atoms with Gasteiger partial charge in [-0.2, -0.15) is 0 Å². The molecule has 0 spiro atoms. The van der Waals surface area contributed by atoms with Gasteiger partial charge in [0, 0.05) is 31.4 Å². The summed E-state index contributed by atoms with van der Waals surface area (Å²) in [5.74, 6) is 0.333. The van der Waals surface area contributed by atoms with Crippen LogP contribution in [-0.2, 0) is 16.1 Å². The number of amides is 2. The minimum absolute atomic E-state index is 0.0473. The smallest absolute Gasteiger partial charge is 0.410 e. The molecule has 7 heteroatoms. The molecule has 1 N–H and O–H groups in total. The number of nitrogens with zero attached hydrogens (tertiary/aromatic N) is 2. The van der Waals surface area contributed by atoms with E-state index < -0.39 is 5.60 Å². The van der Waals surface area contributed by atoms with Crippen LogP contribution in [0.25, 0.3) is 0 Å². The maximum absolute atomic E-state index is 12.7. The van der Waals surface area contributed by atoms with Crippen molar-refractivity contribution < 1.29 is 19.1 Å². The SMILES string of the molecule is CC(C)(C)OC(=O)N1CCC[C@H](C(=O)NCc2cccnc2OC2CCCC2)C1. The summed E-state index contributed by atoms with van der Waals surface area (Å²) in [5, 5.41) is 3.00. The Labute approximate surface area is 173 Å². The average molecular weight is 404 g/mol. The Morgan fingerprint density at radius 3 is 2.69 bits per heavy atom. The molecule has 7 nitrogen and oxygen atoms in total. The van der Waals surface area contributed by atoms with E-state index >= 15 is 0 Å². The molecule has 0 aromatic carbocycles. The Kier molecular flexibility index (Phi) is 6.98. The first-order valence-electron chi connectivity index (χ1n) is 10.7. The van der Waals surface area contributed by atoms with E-state index in [1.807, 2.05) is 32.9 Å². The summed E-state index contributed by atoms with van der Waals surface area (Å²) in [6.07, 6.45) is 7.66. The normalized spacial score (nSPS) is 20.4. The molecule has 2 aliphatic rings. The Morgan fingerprint density at radius 1 is 1.21 bits per heavy atom. The van der Waals surface area contributed by atoms with E-state index in [0.29, 0.717) is 25.5 Å². The Balaban J connectivity index is 1.53. The van der Waals surface area contributed by atoms with Crippen LogP contribution in [0.15, 0.2) is 18.3 Å². The summed E-state index contributed by atoms with van der Waals surface area (Å²) in [7, 11) is 0. The summed E-state index contributed by atoms with van der Waals surface area (Å²) in [6.45, 7) is 6.92. The molecule has 0 bridgehead atoms. The topological polar surface area (TPSA) is 80.8 Å². The number of piperidine rings is 1. The van der Waals surface area contributed by atoms with Gasteiger partial charge in [0.1, 0.15) is 11.7 Å². The number of hydrogen-bond acceptors (Lipinski definition) is 5. The first kappa shape index (κ1) is 21.4. The second-order valence-corrected chi connectivity index (χ2v) is 8.98. The molecule has 1 atom stereocenters. The molecule has 1 saturated heterocycles. The third-order valence-corrected chi connectivity index (χ3v) is 5.33. The molecule has 2 amide bonds. The zero-order valence-corrected chi connectivity index (χ0v) is 17.8. The minimum Gasteiger partial charge on any atom is -0.474 e. The second-order valence-electron chi connectivity index (χ2n) is 8.98. The molecule has 2 heterocycles. The lowest BCUT2D eigenvalue weighted by Gasteiger charge is -2.33. The van der Waals surface area contributed by atoms with Gasteiger partial charge in [-0.3, -0.25) is 4.79 Å². The van der Waals surface area contributed by atoms with Crippen LogP contribution in [0.5, 0.6) is 5.88 Å². The summed E-state index contributed by atoms with van der Waals surface area (Å²) < 4.78 is 11.5. The molecular weight excluding hydrogens is 370 g/mol. The molecule has 2 fully saturated rings. The zero-order valence-electron chi connectivity index (χ0n) is 17.8. The van der Waals surface area contributed by atoms with Crippen molar-refractivity contribution in [3.05, 3.63) is 23.9 Å². The lowest BCUT2D eigenvalue weighted by molar-refractivity contribution is -0.126. The fraction of sp³-hybridized carbons (Fsp3) is 0.682. The van der Waals surface area contributed by atoms with Crippen molar-refractivity contribution in [2.75, 3.05) is 13.1 Å². The molecule has 0 radical (unpaired) electrons. The highest BCUT2D eigenvalue weighted by atomic mass is 16.6. The number of nitrogens with one attached hydrogen (secondary N) is 1. The number of hydrogen-bond donors (Lipinski definition) is 1. The van der Waals surface area contributed by atoms with Gasteiger partial charge in [-0.25, -0.2) is 9.78 Å². The van der Waals surface area contributed by atoms with E-state index in [1.165, 1.54) is 12.8 Å². The van der Waals surface area contributed by atoms with E-state index in [0.717, 1.165) is 31.2 Å². The van der Waals surface area contributed by atoms with Crippen molar-refractivity contribution in [2.45, 2.75) is 77.5 Å². The van der Waals surface area contributed by atoms with E-state index in [1.54, 1.807) is 11.1 Å². The monoisotopic (exact) mass is 403 g/mol. The van der Waals surface area contributed by atoms with Crippen LogP contribution < -0.4 is 10.1 Å². The third-order valence-electron chi connectivity index (χ3n) is 5.33. The zero-order chi connectivity index (χ0) is 20.9. The fourth-order valence-electron chi connectivity index (χ4n) is 3.84. The van der Waals surface area contributed by atoms with Gasteiger partial charge in [0.05, 0.1) is 5.92 Å². The molecule has 1 aliphatic heterocycles. The van der Waals surface area contributed by atoms with Crippen LogP contribution in [0.4, 0.5) is 4.79 Å². The van der Waals surface area contributed by atoms with Gasteiger partial charge in [0.15, 0.2) is 0 Å². The Morgan fingerprint density at radius 2 is 1.97 bits per heavy atom. The highest BCUT2D eigenvalue weighted by Crippen LogP contribution is 2.25. The summed E-state index contributed by atoms with van der Waals surface area (Å²) >= 11 is 0. The van der Waals surface area contributed by atoms with Crippen molar-refractivity contribution in [2.24, 2.45) is 5.92 Å². The number of pyridine rings is 1. The number of rotatable bonds is 5. The molecule has 1 saturated carbocycles. The lowest BCUT2D eigenvalue weighted by atomic mass is 9.97. The van der Waals surface area contributed by atoms with Gasteiger partial charge in [0.25, 0.3) is 0 Å². The standard InChI is InChI=1S/C22H33N3O4/c1-22(2,3)29-21(27)25-13-7-9-17(15-25)19(26)24-14-16-8-6-12-23-20(16)28-18-10-4-5-11-18/h6,8,12,17-18H,4-5,7,9-11,13-15H2,1-3H3,(H,24,26)/t17-/m0/s1. The lowest BCUT2D eigenvalue weighted by Crippen LogP contribution is -2.46. The van der Waals surface area contributed by atoms with Gasteiger partial charge >= 0.3 is 6.09 Å². The van der Waals surface area contributed by atoms with Gasteiger partial charge in [-0.05, 0) is 65.4 Å². The van der Waals surface area contributed by atoms with E-state index in [2.05, 4.69) is 10.3 Å². The average Bonchev–Trinajstić information content (AvgIpc) is 3.19. The summed E-state index contributed by atoms with van der Waals surface area (Å²) in [6, 6.07) is 3.79. The van der Waals surface area contributed by atoms with Gasteiger partial charge < -0.3 is 19.7 Å². The maximum Gasteiger partial charge on any atom is 0.410 e. The molecule has 3 rings (SSSR count). The van der Waals surface area contributed by atoms with E-state index in [-0.39, 0.29) is 24.0 Å². The first-order chi connectivity index (χ1) is 13.8. The highest BCUT2D eigenvalue weighted by Gasteiger charge is 2.31. The van der Waals surface area contributed by atoms with Crippen molar-refractivity contribution in [3.63, 3.8) is 0 Å². The molecule has 1 aromatic heterocycles. The molecule has 160 valence electrons. The Bertz CT molecular complexity index is 710. The van der Waals surface area contributed by atoms with Gasteiger partial charge in [-0.15, -0.1) is 0 Å². The third kappa shape index (κ3) is 6.34. The van der Waals surface area contributed by atoms with Crippen LogP contribution in [0, 0.1) is 5.92 Å². The number of likely N-dealkylation sites (tertiary alicyclic amines) is 1. The molecule has 1 aromatic rings. The van der Waals surface area contributed by atoms with Crippen LogP contribution >= 0.6 is 0 Å². The predicted octanol–water partition coefficient (Wildman–Crippen LogP) is 3.67. The molecule has 29 heavy (non-hydrogen) atoms. The van der Waals surface area contributed by atoms with Crippen molar-refractivity contribution in [3.8, 4) is 5.88 Å². The fourth-order valence-corrected chi connectivity index (χ4v) is 3.84. The predicted molar refractivity (Wildman–Crippen MR) is 109 cm³/mol. The van der Waals surface area contributed by atoms with Crippen molar-refractivity contribution in [1.29, 1.82) is 0 Å². The van der Waals surface area contributed by atoms with Crippen molar-refractivity contribution >= 4 is 12.0 Å². The molecule has 1 aliphatic carbocycles. The van der Waals surface area contributed by atoms with E-state index in [9.17, 15) is 9.59 Å².